The number of hydrogen-bond acceptors (Lipinski definition) is 6. The first-order valence-corrected chi connectivity index (χ1v) is 13.0. The highest BCUT2D eigenvalue weighted by molar-refractivity contribution is 7.89. The van der Waals surface area contributed by atoms with E-state index in [0.29, 0.717) is 32.5 Å². The summed E-state index contributed by atoms with van der Waals surface area (Å²) in [5.74, 6) is -2.37. The summed E-state index contributed by atoms with van der Waals surface area (Å²) in [6, 6.07) is 11.0. The van der Waals surface area contributed by atoms with Crippen molar-refractivity contribution in [1.82, 2.24) is 9.21 Å². The van der Waals surface area contributed by atoms with Crippen LogP contribution in [0.2, 0.25) is 0 Å². The summed E-state index contributed by atoms with van der Waals surface area (Å²) >= 11 is 0. The molecule has 2 aromatic carbocycles. The lowest BCUT2D eigenvalue weighted by Gasteiger charge is -2.33. The molecule has 0 aliphatic carbocycles. The predicted octanol–water partition coefficient (Wildman–Crippen LogP) is 2.78. The normalized spacial score (nSPS) is 16.1. The van der Waals surface area contributed by atoms with Crippen molar-refractivity contribution in [2.24, 2.45) is 5.92 Å². The van der Waals surface area contributed by atoms with Crippen molar-refractivity contribution < 1.29 is 27.9 Å². The van der Waals surface area contributed by atoms with E-state index in [0.717, 1.165) is 6.07 Å². The molecule has 0 aromatic heterocycles. The first-order chi connectivity index (χ1) is 17.1. The molecule has 1 aliphatic rings. The van der Waals surface area contributed by atoms with Gasteiger partial charge in [-0.2, -0.15) is 9.57 Å². The molecule has 2 aromatic rings. The summed E-state index contributed by atoms with van der Waals surface area (Å²) in [7, 11) is -3.87. The second kappa shape index (κ2) is 11.3. The number of aromatic carboxylic acids is 1. The van der Waals surface area contributed by atoms with Gasteiger partial charge in [0.1, 0.15) is 0 Å². The Kier molecular flexibility index (Phi) is 8.45. The third-order valence-electron chi connectivity index (χ3n) is 6.19. The molecule has 0 spiro atoms. The Bertz CT molecular complexity index is 1300. The molecule has 1 atom stereocenters. The van der Waals surface area contributed by atoms with Gasteiger partial charge >= 0.3 is 5.97 Å². The largest absolute Gasteiger partial charge is 0.478 e. The van der Waals surface area contributed by atoms with Gasteiger partial charge in [0.2, 0.25) is 15.9 Å². The minimum Gasteiger partial charge on any atom is -0.478 e. The monoisotopic (exact) mass is 512 g/mol. The minimum atomic E-state index is -3.87. The number of amides is 2. The van der Waals surface area contributed by atoms with E-state index in [1.807, 2.05) is 19.9 Å². The third-order valence-corrected chi connectivity index (χ3v) is 8.07. The van der Waals surface area contributed by atoms with Crippen LogP contribution in [0.15, 0.2) is 47.4 Å². The molecule has 2 N–H and O–H groups in total. The second-order valence-electron chi connectivity index (χ2n) is 8.37. The Balaban J connectivity index is 1.75. The lowest BCUT2D eigenvalue weighted by Crippen LogP contribution is -2.46. The van der Waals surface area contributed by atoms with Crippen molar-refractivity contribution in [3.63, 3.8) is 0 Å². The molecule has 1 heterocycles. The molecule has 1 saturated heterocycles. The smallest absolute Gasteiger partial charge is 0.337 e. The molecule has 2 amide bonds. The molecular formula is C25H28N4O6S. The predicted molar refractivity (Wildman–Crippen MR) is 132 cm³/mol. The van der Waals surface area contributed by atoms with Gasteiger partial charge in [-0.25, -0.2) is 13.2 Å². The van der Waals surface area contributed by atoms with E-state index in [1.54, 1.807) is 4.90 Å². The molecule has 190 valence electrons. The molecule has 0 bridgehead atoms. The van der Waals surface area contributed by atoms with Crippen LogP contribution < -0.4 is 5.32 Å². The van der Waals surface area contributed by atoms with E-state index in [1.165, 1.54) is 40.7 Å². The maximum Gasteiger partial charge on any atom is 0.337 e. The number of carbonyl (C=O) groups excluding carboxylic acids is 2. The second-order valence-corrected chi connectivity index (χ2v) is 10.3. The van der Waals surface area contributed by atoms with Gasteiger partial charge in [-0.15, -0.1) is 0 Å². The highest BCUT2D eigenvalue weighted by Gasteiger charge is 2.34. The average molecular weight is 513 g/mol. The number of carbonyl (C=O) groups is 3. The van der Waals surface area contributed by atoms with E-state index < -0.39 is 27.8 Å². The molecule has 0 radical (unpaired) electrons. The van der Waals surface area contributed by atoms with Crippen LogP contribution in [0.25, 0.3) is 0 Å². The van der Waals surface area contributed by atoms with Crippen molar-refractivity contribution in [3.8, 4) is 6.07 Å². The lowest BCUT2D eigenvalue weighted by molar-refractivity contribution is -0.136. The van der Waals surface area contributed by atoms with Gasteiger partial charge in [0.25, 0.3) is 5.91 Å². The maximum atomic E-state index is 13.2. The van der Waals surface area contributed by atoms with Crippen LogP contribution in [0, 0.1) is 17.2 Å². The number of carboxylic acid groups (broad SMARTS) is 1. The fourth-order valence-corrected chi connectivity index (χ4v) is 5.70. The number of carboxylic acids is 1. The quantitative estimate of drug-likeness (QED) is 0.552. The van der Waals surface area contributed by atoms with E-state index >= 15 is 0 Å². The van der Waals surface area contributed by atoms with Gasteiger partial charge in [0.05, 0.1) is 33.7 Å². The number of rotatable bonds is 8. The Labute approximate surface area is 210 Å². The summed E-state index contributed by atoms with van der Waals surface area (Å²) in [5.41, 5.74) is 0.0440. The SMILES string of the molecule is CCN(CC)C(=O)C1CCCN(S(=O)(=O)c2ccc(C(=O)Nc3ccc(C#N)cc3C(=O)O)cc2)C1. The lowest BCUT2D eigenvalue weighted by atomic mass is 9.98. The first kappa shape index (κ1) is 26.8. The molecule has 1 aliphatic heterocycles. The highest BCUT2D eigenvalue weighted by atomic mass is 32.2. The minimum absolute atomic E-state index is 0.000383. The van der Waals surface area contributed by atoms with Crippen molar-refractivity contribution in [3.05, 3.63) is 59.2 Å². The van der Waals surface area contributed by atoms with Crippen LogP contribution in [0.3, 0.4) is 0 Å². The summed E-state index contributed by atoms with van der Waals surface area (Å²) in [6.45, 7) is 5.33. The summed E-state index contributed by atoms with van der Waals surface area (Å²) in [4.78, 5) is 38.6. The molecule has 10 nitrogen and oxygen atoms in total. The van der Waals surface area contributed by atoms with Crippen LogP contribution >= 0.6 is 0 Å². The molecule has 1 fully saturated rings. The van der Waals surface area contributed by atoms with Gasteiger partial charge < -0.3 is 15.3 Å². The van der Waals surface area contributed by atoms with E-state index in [9.17, 15) is 27.9 Å². The zero-order valence-corrected chi connectivity index (χ0v) is 20.9. The van der Waals surface area contributed by atoms with Crippen LogP contribution in [-0.4, -0.2) is 66.7 Å². The van der Waals surface area contributed by atoms with Gasteiger partial charge in [0, 0.05) is 31.7 Å². The van der Waals surface area contributed by atoms with Gasteiger partial charge in [0.15, 0.2) is 0 Å². The molecule has 3 rings (SSSR count). The van der Waals surface area contributed by atoms with E-state index in [2.05, 4.69) is 5.32 Å². The molecule has 36 heavy (non-hydrogen) atoms. The first-order valence-electron chi connectivity index (χ1n) is 11.6. The number of sulfonamides is 1. The van der Waals surface area contributed by atoms with Crippen LogP contribution in [-0.2, 0) is 14.8 Å². The number of hydrogen-bond donors (Lipinski definition) is 2. The summed E-state index contributed by atoms with van der Waals surface area (Å²) in [6.07, 6.45) is 1.21. The average Bonchev–Trinajstić information content (AvgIpc) is 2.89. The molecule has 1 unspecified atom stereocenters. The topological polar surface area (TPSA) is 148 Å². The van der Waals surface area contributed by atoms with Gasteiger partial charge in [-0.1, -0.05) is 0 Å². The zero-order valence-electron chi connectivity index (χ0n) is 20.1. The van der Waals surface area contributed by atoms with Crippen LogP contribution in [0.1, 0.15) is 53.0 Å². The van der Waals surface area contributed by atoms with Crippen molar-refractivity contribution in [2.75, 3.05) is 31.5 Å². The Morgan fingerprint density at radius 2 is 1.81 bits per heavy atom. The number of nitrogens with one attached hydrogen (secondary N) is 1. The molecule has 0 saturated carbocycles. The zero-order chi connectivity index (χ0) is 26.5. The number of benzene rings is 2. The Morgan fingerprint density at radius 3 is 2.39 bits per heavy atom. The van der Waals surface area contributed by atoms with Crippen LogP contribution in [0.4, 0.5) is 5.69 Å². The van der Waals surface area contributed by atoms with Crippen molar-refractivity contribution in [1.29, 1.82) is 5.26 Å². The number of piperidine rings is 1. The number of nitriles is 1. The fraction of sp³-hybridized carbons (Fsp3) is 0.360. The Morgan fingerprint density at radius 1 is 1.14 bits per heavy atom. The summed E-state index contributed by atoms with van der Waals surface area (Å²) in [5, 5.41) is 20.8. The third kappa shape index (κ3) is 5.72. The fourth-order valence-electron chi connectivity index (χ4n) is 4.18. The van der Waals surface area contributed by atoms with Crippen molar-refractivity contribution in [2.45, 2.75) is 31.6 Å². The van der Waals surface area contributed by atoms with Gasteiger partial charge in [-0.3, -0.25) is 9.59 Å². The van der Waals surface area contributed by atoms with E-state index in [4.69, 9.17) is 5.26 Å². The van der Waals surface area contributed by atoms with Gasteiger partial charge in [-0.05, 0) is 69.2 Å². The van der Waals surface area contributed by atoms with E-state index in [-0.39, 0.29) is 39.7 Å². The number of nitrogens with zero attached hydrogens (tertiary/aromatic N) is 3. The summed E-state index contributed by atoms with van der Waals surface area (Å²) < 4.78 is 27.8. The number of anilines is 1. The van der Waals surface area contributed by atoms with Crippen LogP contribution in [0.5, 0.6) is 0 Å². The maximum absolute atomic E-state index is 13.2. The van der Waals surface area contributed by atoms with Crippen molar-refractivity contribution >= 4 is 33.5 Å². The Hall–Kier alpha value is -3.75. The molecule has 11 heteroatoms. The molecular weight excluding hydrogens is 484 g/mol. The standard InChI is InChI=1S/C25H28N4O6S/c1-3-28(4-2)24(31)19-6-5-13-29(16-19)36(34,35)20-10-8-18(9-11-20)23(30)27-22-12-7-17(15-26)14-21(22)25(32)33/h7-12,14,19H,3-6,13,16H2,1-2H3,(H,27,30)(H,32,33). The highest BCUT2D eigenvalue weighted by Crippen LogP contribution is 2.26.